The van der Waals surface area contributed by atoms with Gasteiger partial charge >= 0.3 is 24.5 Å². The molecule has 0 aliphatic carbocycles. The first kappa shape index (κ1) is 56.2. The Hall–Kier alpha value is -2.11. The van der Waals surface area contributed by atoms with E-state index >= 15 is 0 Å². The van der Waals surface area contributed by atoms with Crippen LogP contribution in [0.3, 0.4) is 0 Å². The van der Waals surface area contributed by atoms with Crippen molar-refractivity contribution < 1.29 is 97.7 Å². The Morgan fingerprint density at radius 2 is 0.978 bits per heavy atom. The smallest absolute Gasteiger partial charge is 0.446 e. The van der Waals surface area contributed by atoms with Crippen molar-refractivity contribution in [2.45, 2.75) is 150 Å². The lowest BCUT2D eigenvalue weighted by atomic mass is 10.1. The second-order valence-electron chi connectivity index (χ2n) is 9.60. The van der Waals surface area contributed by atoms with Gasteiger partial charge in [0.2, 0.25) is 6.29 Å². The molecule has 0 amide bonds. The van der Waals surface area contributed by atoms with E-state index in [-0.39, 0.29) is 28.6 Å². The number of alkyl halides is 9. The van der Waals surface area contributed by atoms with Crippen molar-refractivity contribution in [3.8, 4) is 0 Å². The van der Waals surface area contributed by atoms with E-state index in [9.17, 15) is 44.3 Å². The molecule has 18 heteroatoms. The number of quaternary nitrogens is 1. The molecule has 0 saturated carbocycles. The summed E-state index contributed by atoms with van der Waals surface area (Å²) >= 11 is 0. The van der Waals surface area contributed by atoms with Gasteiger partial charge in [-0.05, 0) is 40.0 Å². The molecule has 0 saturated heterocycles. The summed E-state index contributed by atoms with van der Waals surface area (Å²) in [6.07, 6.45) is -1.41. The molecule has 0 aromatic rings. The maximum Gasteiger partial charge on any atom is 0.446 e. The van der Waals surface area contributed by atoms with Gasteiger partial charge in [-0.3, -0.25) is 9.59 Å². The van der Waals surface area contributed by atoms with Crippen LogP contribution in [0.25, 0.3) is 0 Å². The lowest BCUT2D eigenvalue weighted by Gasteiger charge is -2.19. The number of halogens is 10. The zero-order valence-electron chi connectivity index (χ0n) is 28.3. The molecular weight excluding hydrogens is 713 g/mol. The van der Waals surface area contributed by atoms with Crippen molar-refractivity contribution in [2.75, 3.05) is 6.54 Å². The molecule has 0 aliphatic heterocycles. The van der Waals surface area contributed by atoms with E-state index in [1.54, 1.807) is 6.92 Å². The maximum atomic E-state index is 11.3. The summed E-state index contributed by atoms with van der Waals surface area (Å²) in [5, 5.41) is 17.6. The van der Waals surface area contributed by atoms with Crippen LogP contribution in [0.2, 0.25) is 0 Å². The quantitative estimate of drug-likeness (QED) is 0.139. The maximum absolute atomic E-state index is 11.3. The number of carboxylic acids is 2. The molecule has 0 bridgehead atoms. The van der Waals surface area contributed by atoms with Crippen molar-refractivity contribution in [1.82, 2.24) is 0 Å². The number of ether oxygens (including phenoxy) is 1. The van der Waals surface area contributed by atoms with Crippen LogP contribution >= 0.6 is 0 Å². The second-order valence-corrected chi connectivity index (χ2v) is 9.60. The second kappa shape index (κ2) is 35.7. The van der Waals surface area contributed by atoms with Crippen LogP contribution in [0.1, 0.15) is 127 Å². The van der Waals surface area contributed by atoms with Crippen LogP contribution in [-0.4, -0.2) is 54.9 Å². The number of hydrogen-bond donors (Lipinski definition) is 1. The molecule has 0 spiro atoms. The van der Waals surface area contributed by atoms with Crippen LogP contribution in [0.15, 0.2) is 0 Å². The van der Waals surface area contributed by atoms with Gasteiger partial charge in [0.25, 0.3) is 0 Å². The lowest BCUT2D eigenvalue weighted by Crippen LogP contribution is -3.00. The summed E-state index contributed by atoms with van der Waals surface area (Å²) in [6, 6.07) is 0. The highest BCUT2D eigenvalue weighted by molar-refractivity contribution is 5.71. The highest BCUT2D eigenvalue weighted by Gasteiger charge is 2.29. The SMILES string of the molecule is CCCCCCCCC(=O)OC(C)(C)C.CCCCCCC[NH3+].O=C([O-])C(F)(F)F.O=C([O-])C(F)(F)F.O=CC(F)(F)F.[2H]CC.[Br-]. The first-order valence-corrected chi connectivity index (χ1v) is 14.1. The molecule has 0 heterocycles. The molecule has 282 valence electrons. The summed E-state index contributed by atoms with van der Waals surface area (Å²) in [4.78, 5) is 37.6. The van der Waals surface area contributed by atoms with Crippen molar-refractivity contribution >= 4 is 24.2 Å². The van der Waals surface area contributed by atoms with E-state index < -0.39 is 36.8 Å². The minimum Gasteiger partial charge on any atom is -1.00 e. The normalized spacial score (nSPS) is 10.7. The summed E-state index contributed by atoms with van der Waals surface area (Å²) in [6.45, 7) is 13.6. The molecule has 0 fully saturated rings. The number of aliphatic carboxylic acids is 2. The molecule has 46 heavy (non-hydrogen) atoms. The van der Waals surface area contributed by atoms with Gasteiger partial charge in [-0.25, -0.2) is 0 Å². The highest BCUT2D eigenvalue weighted by Crippen LogP contribution is 2.13. The fourth-order valence-corrected chi connectivity index (χ4v) is 2.22. The third-order valence-corrected chi connectivity index (χ3v) is 4.10. The Kier molecular flexibility index (Phi) is 43.7. The van der Waals surface area contributed by atoms with Crippen molar-refractivity contribution in [2.24, 2.45) is 0 Å². The number of carboxylic acid groups (broad SMARTS) is 2. The molecule has 0 aromatic carbocycles. The first-order valence-electron chi connectivity index (χ1n) is 14.8. The predicted octanol–water partition coefficient (Wildman–Crippen LogP) is 2.65. The fourth-order valence-electron chi connectivity index (χ4n) is 2.22. The minimum atomic E-state index is -5.19. The standard InChI is InChI=1S/C13H26O2.C7H17N.2C2HF3O2.C2HF3O.C2H6.BrH/c1-5-6-7-8-9-10-11-12(14)15-13(2,3)4;1-2-3-4-5-6-7-8;2*3-2(4,5)1(6)7;3-2(4,5)1-6;1-2;/h5-11H2,1-4H3;2-8H2,1H3;2*(H,6,7);1H;1-2H3;1H/p-2/i;;;;;1D;. The third kappa shape index (κ3) is 73.4. The van der Waals surface area contributed by atoms with E-state index in [2.05, 4.69) is 19.6 Å². The summed E-state index contributed by atoms with van der Waals surface area (Å²) < 4.78 is 106. The van der Waals surface area contributed by atoms with Gasteiger partial charge in [-0.2, -0.15) is 39.5 Å². The van der Waals surface area contributed by atoms with Gasteiger partial charge in [-0.15, -0.1) is 0 Å². The Balaban J connectivity index is -0.0000000868. The molecule has 0 aliphatic rings. The van der Waals surface area contributed by atoms with Crippen LogP contribution in [0.5, 0.6) is 0 Å². The summed E-state index contributed by atoms with van der Waals surface area (Å²) in [5.41, 5.74) is 3.45. The molecule has 0 unspecified atom stereocenters. The Morgan fingerprint density at radius 3 is 1.20 bits per heavy atom. The Bertz CT molecular complexity index is 705. The zero-order chi connectivity index (χ0) is 38.0. The lowest BCUT2D eigenvalue weighted by molar-refractivity contribution is -0.368. The van der Waals surface area contributed by atoms with Crippen molar-refractivity contribution in [3.63, 3.8) is 0 Å². The molecule has 0 atom stereocenters. The van der Waals surface area contributed by atoms with Crippen molar-refractivity contribution in [3.05, 3.63) is 0 Å². The fraction of sp³-hybridized carbons (Fsp3) is 0.857. The number of aldehydes is 1. The zero-order valence-corrected chi connectivity index (χ0v) is 28.9. The molecule has 3 N–H and O–H groups in total. The highest BCUT2D eigenvalue weighted by atomic mass is 79.9. The largest absolute Gasteiger partial charge is 1.00 e. The summed E-state index contributed by atoms with van der Waals surface area (Å²) in [7, 11) is 0. The van der Waals surface area contributed by atoms with Crippen LogP contribution in [0, 0.1) is 0 Å². The number of rotatable bonds is 12. The van der Waals surface area contributed by atoms with E-state index in [1.165, 1.54) is 57.8 Å². The molecule has 0 aromatic heterocycles. The number of esters is 1. The van der Waals surface area contributed by atoms with E-state index in [1.807, 2.05) is 20.8 Å². The number of unbranched alkanes of at least 4 members (excludes halogenated alkanes) is 9. The molecule has 8 nitrogen and oxygen atoms in total. The van der Waals surface area contributed by atoms with Gasteiger partial charge in [0.1, 0.15) is 17.5 Å². The monoisotopic (exact) mass is 764 g/mol. The van der Waals surface area contributed by atoms with Crippen molar-refractivity contribution in [1.29, 1.82) is 0 Å². The molecular formula is C28H51BrF9NO7-2. The Labute approximate surface area is 278 Å². The molecule has 0 radical (unpaired) electrons. The number of carbonyl (C=O) groups excluding carboxylic acids is 4. The van der Waals surface area contributed by atoms with E-state index in [4.69, 9.17) is 30.7 Å². The Morgan fingerprint density at radius 1 is 0.717 bits per heavy atom. The topological polar surface area (TPSA) is 151 Å². The number of hydrogen-bond acceptors (Lipinski definition) is 7. The van der Waals surface area contributed by atoms with Gasteiger partial charge in [0.05, 0.1) is 6.54 Å². The van der Waals surface area contributed by atoms with Gasteiger partial charge in [0.15, 0.2) is 0 Å². The van der Waals surface area contributed by atoms with Gasteiger partial charge in [0, 0.05) is 7.79 Å². The van der Waals surface area contributed by atoms with Crippen LogP contribution in [0.4, 0.5) is 39.5 Å². The van der Waals surface area contributed by atoms with E-state index in [0.717, 1.165) is 19.4 Å². The van der Waals surface area contributed by atoms with Crippen LogP contribution in [-0.2, 0) is 23.9 Å². The molecule has 0 rings (SSSR count). The first-order chi connectivity index (χ1) is 20.7. The third-order valence-electron chi connectivity index (χ3n) is 4.10. The van der Waals surface area contributed by atoms with Gasteiger partial charge < -0.3 is 47.3 Å². The average molecular weight is 766 g/mol. The minimum absolute atomic E-state index is 0. The van der Waals surface area contributed by atoms with Crippen LogP contribution < -0.4 is 32.9 Å². The van der Waals surface area contributed by atoms with Gasteiger partial charge in [-0.1, -0.05) is 79.0 Å². The predicted molar refractivity (Wildman–Crippen MR) is 146 cm³/mol. The number of carbonyl (C=O) groups is 4. The van der Waals surface area contributed by atoms with E-state index in [0.29, 0.717) is 13.3 Å². The summed E-state index contributed by atoms with van der Waals surface area (Å²) in [5.74, 6) is -6.07. The average Bonchev–Trinajstić information content (AvgIpc) is 2.88.